The van der Waals surface area contributed by atoms with Gasteiger partial charge in [-0.3, -0.25) is 9.59 Å². The summed E-state index contributed by atoms with van der Waals surface area (Å²) in [6.07, 6.45) is 0. The Morgan fingerprint density at radius 1 is 1.00 bits per heavy atom. The van der Waals surface area contributed by atoms with Crippen molar-refractivity contribution in [3.05, 3.63) is 102 Å². The third kappa shape index (κ3) is 6.23. The van der Waals surface area contributed by atoms with Crippen LogP contribution in [0.1, 0.15) is 11.1 Å². The second-order valence-corrected chi connectivity index (χ2v) is 8.81. The number of amides is 2. The lowest BCUT2D eigenvalue weighted by molar-refractivity contribution is -0.136. The van der Waals surface area contributed by atoms with Crippen molar-refractivity contribution in [3.8, 4) is 5.75 Å². The average Bonchev–Trinajstić information content (AvgIpc) is 2.92. The highest BCUT2D eigenvalue weighted by Gasteiger charge is 2.29. The van der Waals surface area contributed by atoms with Crippen LogP contribution < -0.4 is 9.64 Å². The minimum Gasteiger partial charge on any atom is -0.497 e. The molecule has 1 heterocycles. The quantitative estimate of drug-likeness (QED) is 0.348. The van der Waals surface area contributed by atoms with Gasteiger partial charge in [0.15, 0.2) is 0 Å². The number of aliphatic imine (C=N–C) groups is 1. The van der Waals surface area contributed by atoms with E-state index in [-0.39, 0.29) is 30.7 Å². The number of benzene rings is 3. The van der Waals surface area contributed by atoms with Crippen molar-refractivity contribution in [3.63, 3.8) is 0 Å². The lowest BCUT2D eigenvalue weighted by atomic mass is 10.1. The van der Waals surface area contributed by atoms with Gasteiger partial charge in [-0.25, -0.2) is 13.8 Å². The van der Waals surface area contributed by atoms with Crippen LogP contribution in [0.3, 0.4) is 0 Å². The molecule has 0 saturated carbocycles. The number of carbonyl (C=O) groups is 2. The molecule has 4 rings (SSSR count). The molecule has 0 N–H and O–H groups in total. The number of hydrogen-bond acceptors (Lipinski definition) is 4. The largest absolute Gasteiger partial charge is 0.497 e. The molecule has 0 aromatic heterocycles. The topological polar surface area (TPSA) is 65.5 Å². The molecular weight excluding hydrogens is 490 g/mol. The third-order valence-electron chi connectivity index (χ3n) is 6.19. The van der Waals surface area contributed by atoms with Crippen LogP contribution in [0.25, 0.3) is 5.70 Å². The molecule has 3 aromatic carbocycles. The number of likely N-dealkylation sites (N-methyl/N-ethyl adjacent to an activating group) is 1. The minimum absolute atomic E-state index is 0.0603. The van der Waals surface area contributed by atoms with Gasteiger partial charge in [-0.05, 0) is 66.2 Å². The summed E-state index contributed by atoms with van der Waals surface area (Å²) in [6, 6.07) is 18.7. The highest BCUT2D eigenvalue weighted by Crippen LogP contribution is 2.23. The van der Waals surface area contributed by atoms with E-state index < -0.39 is 5.82 Å². The van der Waals surface area contributed by atoms with Gasteiger partial charge in [0.1, 0.15) is 29.8 Å². The van der Waals surface area contributed by atoms with Crippen molar-refractivity contribution in [2.45, 2.75) is 0 Å². The fourth-order valence-electron chi connectivity index (χ4n) is 4.12. The molecule has 0 unspecified atom stereocenters. The molecule has 0 spiro atoms. The molecule has 38 heavy (non-hydrogen) atoms. The smallest absolute Gasteiger partial charge is 0.246 e. The first-order valence-electron chi connectivity index (χ1n) is 12.0. The van der Waals surface area contributed by atoms with E-state index >= 15 is 0 Å². The molecule has 1 aliphatic heterocycles. The number of nitrogens with zero attached hydrogens (tertiary/aromatic N) is 4. The maximum Gasteiger partial charge on any atom is 0.246 e. The lowest BCUT2D eigenvalue weighted by Gasteiger charge is -2.35. The molecule has 9 heteroatoms. The number of amidine groups is 1. The van der Waals surface area contributed by atoms with E-state index in [2.05, 4.69) is 11.6 Å². The molecule has 3 aromatic rings. The fourth-order valence-corrected chi connectivity index (χ4v) is 4.12. The number of ether oxygens (including phenoxy) is 1. The summed E-state index contributed by atoms with van der Waals surface area (Å²) in [5, 5.41) is 0. The molecule has 1 saturated heterocycles. The Morgan fingerprint density at radius 3 is 2.24 bits per heavy atom. The van der Waals surface area contributed by atoms with Crippen molar-refractivity contribution in [1.82, 2.24) is 9.80 Å². The SMILES string of the molecule is C=C(/N=C(/c1ccc(F)cc1)N(C)CC(=O)N1CCN(c2cccc(OC)c2)C(=O)C1)c1ccc(F)cc1. The first kappa shape index (κ1) is 26.5. The number of methoxy groups -OCH3 is 1. The van der Waals surface area contributed by atoms with Gasteiger partial charge in [0.25, 0.3) is 0 Å². The van der Waals surface area contributed by atoms with Crippen molar-refractivity contribution in [2.24, 2.45) is 4.99 Å². The van der Waals surface area contributed by atoms with Crippen LogP contribution in [0.2, 0.25) is 0 Å². The molecule has 1 fully saturated rings. The van der Waals surface area contributed by atoms with Crippen LogP contribution in [0.5, 0.6) is 5.75 Å². The molecular formula is C29H28F2N4O3. The van der Waals surface area contributed by atoms with Gasteiger partial charge in [-0.15, -0.1) is 0 Å². The minimum atomic E-state index is -0.406. The molecule has 196 valence electrons. The van der Waals surface area contributed by atoms with Gasteiger partial charge in [0, 0.05) is 37.5 Å². The summed E-state index contributed by atoms with van der Waals surface area (Å²) in [4.78, 5) is 35.5. The van der Waals surface area contributed by atoms with E-state index in [0.29, 0.717) is 47.2 Å². The Balaban J connectivity index is 1.49. The monoisotopic (exact) mass is 518 g/mol. The Morgan fingerprint density at radius 2 is 1.63 bits per heavy atom. The Bertz CT molecular complexity index is 1360. The van der Waals surface area contributed by atoms with Crippen molar-refractivity contribution >= 4 is 29.0 Å². The van der Waals surface area contributed by atoms with Gasteiger partial charge in [0.05, 0.1) is 19.4 Å². The van der Waals surface area contributed by atoms with Crippen LogP contribution in [0.15, 0.2) is 84.4 Å². The van der Waals surface area contributed by atoms with Gasteiger partial charge in [0.2, 0.25) is 11.8 Å². The number of piperazine rings is 1. The second kappa shape index (κ2) is 11.7. The Hall–Kier alpha value is -4.53. The third-order valence-corrected chi connectivity index (χ3v) is 6.19. The Labute approximate surface area is 220 Å². The molecule has 0 aliphatic carbocycles. The normalized spacial score (nSPS) is 13.9. The summed E-state index contributed by atoms with van der Waals surface area (Å²) in [7, 11) is 3.25. The first-order valence-corrected chi connectivity index (χ1v) is 12.0. The number of carbonyl (C=O) groups excluding carboxylic acids is 2. The summed E-state index contributed by atoms with van der Waals surface area (Å²) in [5.74, 6) is -0.213. The summed E-state index contributed by atoms with van der Waals surface area (Å²) < 4.78 is 32.2. The standard InChI is InChI=1S/C29H28F2N4O3/c1-20(21-7-11-23(30)12-8-21)32-29(22-9-13-24(31)14-10-22)33(2)18-27(36)34-15-16-35(28(37)19-34)25-5-4-6-26(17-25)38-3/h4-14,17H,1,15-16,18-19H2,2-3H3/b32-29-. The number of hydrogen-bond donors (Lipinski definition) is 0. The van der Waals surface area contributed by atoms with Crippen molar-refractivity contribution in [2.75, 3.05) is 45.2 Å². The van der Waals surface area contributed by atoms with E-state index in [0.717, 1.165) is 0 Å². The fraction of sp³-hybridized carbons (Fsp3) is 0.207. The van der Waals surface area contributed by atoms with E-state index in [1.54, 1.807) is 60.4 Å². The van der Waals surface area contributed by atoms with E-state index in [1.807, 2.05) is 12.1 Å². The van der Waals surface area contributed by atoms with Crippen molar-refractivity contribution < 1.29 is 23.1 Å². The van der Waals surface area contributed by atoms with E-state index in [4.69, 9.17) is 4.74 Å². The number of halogens is 2. The molecule has 1 aliphatic rings. The second-order valence-electron chi connectivity index (χ2n) is 8.81. The predicted octanol–water partition coefficient (Wildman–Crippen LogP) is 4.20. The van der Waals surface area contributed by atoms with Gasteiger partial charge in [-0.2, -0.15) is 0 Å². The molecule has 0 atom stereocenters. The Kier molecular flexibility index (Phi) is 8.15. The summed E-state index contributed by atoms with van der Waals surface area (Å²) in [6.45, 7) is 4.56. The van der Waals surface area contributed by atoms with E-state index in [1.165, 1.54) is 29.2 Å². The summed E-state index contributed by atoms with van der Waals surface area (Å²) >= 11 is 0. The summed E-state index contributed by atoms with van der Waals surface area (Å²) in [5.41, 5.74) is 2.24. The van der Waals surface area contributed by atoms with Gasteiger partial charge >= 0.3 is 0 Å². The zero-order valence-electron chi connectivity index (χ0n) is 21.2. The highest BCUT2D eigenvalue weighted by molar-refractivity contribution is 6.03. The van der Waals surface area contributed by atoms with Gasteiger partial charge in [-0.1, -0.05) is 12.6 Å². The molecule has 0 bridgehead atoms. The van der Waals surface area contributed by atoms with Crippen LogP contribution in [-0.2, 0) is 9.59 Å². The van der Waals surface area contributed by atoms with Crippen LogP contribution >= 0.6 is 0 Å². The predicted molar refractivity (Wildman–Crippen MR) is 143 cm³/mol. The lowest BCUT2D eigenvalue weighted by Crippen LogP contribution is -2.54. The average molecular weight is 519 g/mol. The first-order chi connectivity index (χ1) is 18.2. The molecule has 2 amide bonds. The highest BCUT2D eigenvalue weighted by atomic mass is 19.1. The molecule has 0 radical (unpaired) electrons. The zero-order chi connectivity index (χ0) is 27.2. The van der Waals surface area contributed by atoms with Crippen molar-refractivity contribution in [1.29, 1.82) is 0 Å². The molecule has 7 nitrogen and oxygen atoms in total. The number of rotatable bonds is 7. The van der Waals surface area contributed by atoms with Gasteiger partial charge < -0.3 is 19.4 Å². The van der Waals surface area contributed by atoms with Crippen LogP contribution in [0, 0.1) is 11.6 Å². The maximum absolute atomic E-state index is 13.6. The number of anilines is 1. The van der Waals surface area contributed by atoms with Crippen LogP contribution in [-0.4, -0.2) is 67.8 Å². The zero-order valence-corrected chi connectivity index (χ0v) is 21.2. The van der Waals surface area contributed by atoms with Crippen LogP contribution in [0.4, 0.5) is 14.5 Å². The van der Waals surface area contributed by atoms with E-state index in [9.17, 15) is 18.4 Å². The maximum atomic E-state index is 13.6.